The third kappa shape index (κ3) is 3.83. The number of hydrogen-bond acceptors (Lipinski definition) is 3. The maximum Gasteiger partial charge on any atom is 0.250 e. The van der Waals surface area contributed by atoms with Crippen LogP contribution in [0.5, 0.6) is 0 Å². The van der Waals surface area contributed by atoms with Crippen LogP contribution >= 0.6 is 0 Å². The zero-order valence-corrected chi connectivity index (χ0v) is 18.7. The van der Waals surface area contributed by atoms with Crippen molar-refractivity contribution in [2.24, 2.45) is 5.41 Å². The van der Waals surface area contributed by atoms with E-state index in [2.05, 4.69) is 53.4 Å². The zero-order valence-electron chi connectivity index (χ0n) is 17.7. The molecule has 1 spiro atoms. The lowest BCUT2D eigenvalue weighted by Crippen LogP contribution is -2.45. The van der Waals surface area contributed by atoms with Gasteiger partial charge in [0, 0.05) is 12.8 Å². The molecule has 26 heavy (non-hydrogen) atoms. The summed E-state index contributed by atoms with van der Waals surface area (Å²) in [5.41, 5.74) is 0.0319. The van der Waals surface area contributed by atoms with Gasteiger partial charge in [0.2, 0.25) is 8.32 Å². The smallest absolute Gasteiger partial charge is 0.250 e. The fraction of sp³-hybridized carbons (Fsp3) is 0.818. The molecule has 0 amide bonds. The van der Waals surface area contributed by atoms with Crippen LogP contribution in [0, 0.1) is 5.41 Å². The minimum absolute atomic E-state index is 0.0319. The highest BCUT2D eigenvalue weighted by Crippen LogP contribution is 2.51. The molecular weight excluding hydrogens is 340 g/mol. The molecule has 2 fully saturated rings. The van der Waals surface area contributed by atoms with Crippen LogP contribution < -0.4 is 0 Å². The normalized spacial score (nSPS) is 34.3. The highest BCUT2D eigenvalue weighted by molar-refractivity contribution is 6.74. The second-order valence-corrected chi connectivity index (χ2v) is 15.2. The summed E-state index contributed by atoms with van der Waals surface area (Å²) in [4.78, 5) is 0. The molecule has 0 aromatic heterocycles. The first kappa shape index (κ1) is 20.2. The molecule has 1 aliphatic heterocycles. The first-order valence-electron chi connectivity index (χ1n) is 10.4. The molecule has 3 rings (SSSR count). The number of hydrogen-bond donors (Lipinski definition) is 0. The Morgan fingerprint density at radius 3 is 2.46 bits per heavy atom. The Morgan fingerprint density at radius 2 is 1.88 bits per heavy atom. The maximum absolute atomic E-state index is 6.79. The number of allylic oxidation sites excluding steroid dienone is 2. The number of ether oxygens (including phenoxy) is 2. The fourth-order valence-electron chi connectivity index (χ4n) is 4.34. The van der Waals surface area contributed by atoms with Crippen LogP contribution in [0.15, 0.2) is 24.5 Å². The van der Waals surface area contributed by atoms with E-state index in [1.165, 1.54) is 19.3 Å². The van der Waals surface area contributed by atoms with E-state index in [0.29, 0.717) is 0 Å². The van der Waals surface area contributed by atoms with Crippen molar-refractivity contribution in [1.29, 1.82) is 0 Å². The second-order valence-electron chi connectivity index (χ2n) is 10.4. The summed E-state index contributed by atoms with van der Waals surface area (Å²) in [6.45, 7) is 17.8. The van der Waals surface area contributed by atoms with Crippen LogP contribution in [0.3, 0.4) is 0 Å². The van der Waals surface area contributed by atoms with E-state index in [-0.39, 0.29) is 28.4 Å². The van der Waals surface area contributed by atoms with E-state index in [1.54, 1.807) is 0 Å². The van der Waals surface area contributed by atoms with Crippen LogP contribution in [0.1, 0.15) is 72.6 Å². The molecule has 0 aromatic rings. The van der Waals surface area contributed by atoms with E-state index in [4.69, 9.17) is 13.9 Å². The van der Waals surface area contributed by atoms with Gasteiger partial charge >= 0.3 is 0 Å². The summed E-state index contributed by atoms with van der Waals surface area (Å²) in [6, 6.07) is 0. The molecule has 3 nitrogen and oxygen atoms in total. The van der Waals surface area contributed by atoms with Crippen molar-refractivity contribution in [1.82, 2.24) is 0 Å². The first-order chi connectivity index (χ1) is 12.0. The number of fused-ring (bicyclic) bond motifs is 1. The van der Waals surface area contributed by atoms with Gasteiger partial charge in [0.15, 0.2) is 5.79 Å². The van der Waals surface area contributed by atoms with E-state index in [9.17, 15) is 0 Å². The molecule has 3 aliphatic rings. The summed E-state index contributed by atoms with van der Waals surface area (Å²) in [7, 11) is -1.93. The highest BCUT2D eigenvalue weighted by Gasteiger charge is 2.54. The summed E-state index contributed by atoms with van der Waals surface area (Å²) in [5.74, 6) is 0.655. The van der Waals surface area contributed by atoms with Crippen molar-refractivity contribution in [3.8, 4) is 0 Å². The maximum atomic E-state index is 6.79. The Hall–Kier alpha value is -0.583. The van der Waals surface area contributed by atoms with Crippen LogP contribution in [-0.4, -0.2) is 26.3 Å². The van der Waals surface area contributed by atoms with Crippen LogP contribution in [0.4, 0.5) is 0 Å². The molecule has 0 radical (unpaired) electrons. The molecular formula is C22H38O3Si. The largest absolute Gasteiger partial charge is 0.545 e. The van der Waals surface area contributed by atoms with Gasteiger partial charge in [-0.2, -0.15) is 0 Å². The van der Waals surface area contributed by atoms with E-state index < -0.39 is 8.32 Å². The molecule has 1 saturated heterocycles. The minimum atomic E-state index is -1.93. The van der Waals surface area contributed by atoms with Crippen molar-refractivity contribution in [3.63, 3.8) is 0 Å². The fourth-order valence-corrected chi connectivity index (χ4v) is 5.41. The quantitative estimate of drug-likeness (QED) is 0.423. The average molecular weight is 379 g/mol. The molecule has 148 valence electrons. The van der Waals surface area contributed by atoms with Gasteiger partial charge in [-0.05, 0) is 55.3 Å². The Bertz CT molecular complexity index is 568. The van der Waals surface area contributed by atoms with E-state index in [0.717, 1.165) is 31.4 Å². The van der Waals surface area contributed by atoms with Crippen LogP contribution in [0.2, 0.25) is 18.1 Å². The third-order valence-corrected chi connectivity index (χ3v) is 11.2. The molecule has 1 heterocycles. The predicted octanol–water partition coefficient (Wildman–Crippen LogP) is 6.32. The summed E-state index contributed by atoms with van der Waals surface area (Å²) < 4.78 is 20.0. The third-order valence-electron chi connectivity index (χ3n) is 6.89. The Labute approximate surface area is 161 Å². The Morgan fingerprint density at radius 1 is 1.23 bits per heavy atom. The standard InChI is InChI=1S/C22H38O3Si/c1-8-12-21(5)15-17-19(24-22(23-17)13-10-9-11-14-22)18(16-21)25-26(6,7)20(2,3)4/h8,16-17,19H,1,9-15H2,2-7H3/t17-,19-,21-/m1/s1. The molecule has 0 N–H and O–H groups in total. The van der Waals surface area contributed by atoms with Crippen molar-refractivity contribution in [3.05, 3.63) is 24.5 Å². The first-order valence-corrected chi connectivity index (χ1v) is 13.3. The van der Waals surface area contributed by atoms with Crippen molar-refractivity contribution >= 4 is 8.32 Å². The SMILES string of the molecule is C=CC[C@@]1(C)C=C(O[Si](C)(C)C(C)(C)C)[C@@H]2OC3(CCCCC3)O[C@@H]2C1. The zero-order chi connectivity index (χ0) is 19.2. The van der Waals surface area contributed by atoms with Gasteiger partial charge in [-0.15, -0.1) is 6.58 Å². The van der Waals surface area contributed by atoms with Gasteiger partial charge in [0.1, 0.15) is 11.9 Å². The second kappa shape index (κ2) is 6.79. The lowest BCUT2D eigenvalue weighted by Gasteiger charge is -2.42. The van der Waals surface area contributed by atoms with E-state index >= 15 is 0 Å². The van der Waals surface area contributed by atoms with Gasteiger partial charge < -0.3 is 13.9 Å². The van der Waals surface area contributed by atoms with Crippen LogP contribution in [0.25, 0.3) is 0 Å². The van der Waals surface area contributed by atoms with Gasteiger partial charge in [-0.3, -0.25) is 0 Å². The lowest BCUT2D eigenvalue weighted by atomic mass is 9.75. The predicted molar refractivity (Wildman–Crippen MR) is 109 cm³/mol. The highest BCUT2D eigenvalue weighted by atomic mass is 28.4. The molecule has 0 unspecified atom stereocenters. The summed E-state index contributed by atoms with van der Waals surface area (Å²) in [6.07, 6.45) is 12.1. The topological polar surface area (TPSA) is 27.7 Å². The molecule has 4 heteroatoms. The van der Waals surface area contributed by atoms with Gasteiger partial charge in [-0.1, -0.05) is 40.2 Å². The van der Waals surface area contributed by atoms with Crippen molar-refractivity contribution in [2.45, 2.75) is 109 Å². The monoisotopic (exact) mass is 378 g/mol. The van der Waals surface area contributed by atoms with Crippen LogP contribution in [-0.2, 0) is 13.9 Å². The molecule has 1 saturated carbocycles. The molecule has 2 aliphatic carbocycles. The lowest BCUT2D eigenvalue weighted by molar-refractivity contribution is -0.193. The van der Waals surface area contributed by atoms with Gasteiger partial charge in [0.25, 0.3) is 0 Å². The van der Waals surface area contributed by atoms with Crippen molar-refractivity contribution in [2.75, 3.05) is 0 Å². The Kier molecular flexibility index (Phi) is 5.26. The molecule has 0 aromatic carbocycles. The van der Waals surface area contributed by atoms with Crippen molar-refractivity contribution < 1.29 is 13.9 Å². The van der Waals surface area contributed by atoms with E-state index in [1.807, 2.05) is 6.08 Å². The molecule has 0 bridgehead atoms. The van der Waals surface area contributed by atoms with Gasteiger partial charge in [0.05, 0.1) is 6.10 Å². The summed E-state index contributed by atoms with van der Waals surface area (Å²) in [5, 5.41) is 0.164. The minimum Gasteiger partial charge on any atom is -0.545 e. The molecule has 3 atom stereocenters. The number of rotatable bonds is 4. The van der Waals surface area contributed by atoms with Gasteiger partial charge in [-0.25, -0.2) is 0 Å². The summed E-state index contributed by atoms with van der Waals surface area (Å²) >= 11 is 0. The average Bonchev–Trinajstić information content (AvgIpc) is 2.84. The Balaban J connectivity index is 1.90.